The van der Waals surface area contributed by atoms with E-state index < -0.39 is 0 Å². The van der Waals surface area contributed by atoms with Gasteiger partial charge in [-0.2, -0.15) is 0 Å². The van der Waals surface area contributed by atoms with E-state index in [0.29, 0.717) is 12.1 Å². The Morgan fingerprint density at radius 1 is 1.37 bits per heavy atom. The van der Waals surface area contributed by atoms with Crippen molar-refractivity contribution in [1.29, 1.82) is 0 Å². The van der Waals surface area contributed by atoms with Crippen LogP contribution in [0.25, 0.3) is 0 Å². The Morgan fingerprint density at radius 3 is 2.58 bits per heavy atom. The number of likely N-dealkylation sites (tertiary alicyclic amines) is 1. The van der Waals surface area contributed by atoms with E-state index in [0.717, 1.165) is 30.4 Å². The van der Waals surface area contributed by atoms with Crippen molar-refractivity contribution in [2.24, 2.45) is 0 Å². The Labute approximate surface area is 123 Å². The van der Waals surface area contributed by atoms with Gasteiger partial charge in [0, 0.05) is 36.6 Å². The largest absolute Gasteiger partial charge is 0.343 e. The van der Waals surface area contributed by atoms with Gasteiger partial charge in [-0.25, -0.2) is 0 Å². The Kier molecular flexibility index (Phi) is 4.99. The Hall–Kier alpha value is -0.870. The highest BCUT2D eigenvalue weighted by atomic mass is 79.9. The lowest BCUT2D eigenvalue weighted by Gasteiger charge is -2.33. The maximum Gasteiger partial charge on any atom is 0.219 e. The summed E-state index contributed by atoms with van der Waals surface area (Å²) in [6.45, 7) is 5.58. The first-order chi connectivity index (χ1) is 9.08. The molecule has 0 radical (unpaired) electrons. The maximum atomic E-state index is 11.3. The number of piperidine rings is 1. The number of rotatable bonds is 3. The molecule has 1 fully saturated rings. The van der Waals surface area contributed by atoms with E-state index in [1.165, 1.54) is 5.56 Å². The molecule has 19 heavy (non-hydrogen) atoms. The molecule has 1 aliphatic heterocycles. The number of hydrogen-bond donors (Lipinski definition) is 1. The van der Waals surface area contributed by atoms with Crippen molar-refractivity contribution >= 4 is 21.8 Å². The standard InChI is InChI=1S/C15H21BrN2O/c1-11(14-5-3-4-6-15(14)16)17-13-7-9-18(10-8-13)12(2)19/h3-6,11,13,17H,7-10H2,1-2H3/t11-/m1/s1. The van der Waals surface area contributed by atoms with Crippen LogP contribution in [0.1, 0.15) is 38.3 Å². The zero-order chi connectivity index (χ0) is 13.8. The first kappa shape index (κ1) is 14.5. The molecule has 2 rings (SSSR count). The molecule has 1 aromatic rings. The van der Waals surface area contributed by atoms with Crippen molar-refractivity contribution in [1.82, 2.24) is 10.2 Å². The SMILES string of the molecule is CC(=O)N1CCC(N[C@H](C)c2ccccc2Br)CC1. The minimum absolute atomic E-state index is 0.192. The van der Waals surface area contributed by atoms with Crippen LogP contribution < -0.4 is 5.32 Å². The van der Waals surface area contributed by atoms with Crippen molar-refractivity contribution in [3.05, 3.63) is 34.3 Å². The molecule has 104 valence electrons. The lowest BCUT2D eigenvalue weighted by Crippen LogP contribution is -2.44. The lowest BCUT2D eigenvalue weighted by molar-refractivity contribution is -0.129. The number of hydrogen-bond acceptors (Lipinski definition) is 2. The molecule has 3 nitrogen and oxygen atoms in total. The zero-order valence-corrected chi connectivity index (χ0v) is 13.1. The van der Waals surface area contributed by atoms with Gasteiger partial charge in [0.25, 0.3) is 0 Å². The summed E-state index contributed by atoms with van der Waals surface area (Å²) in [5, 5.41) is 3.67. The van der Waals surface area contributed by atoms with Crippen LogP contribution in [0.15, 0.2) is 28.7 Å². The van der Waals surface area contributed by atoms with E-state index in [1.54, 1.807) is 6.92 Å². The predicted molar refractivity (Wildman–Crippen MR) is 81.0 cm³/mol. The first-order valence-corrected chi connectivity index (χ1v) is 7.63. The average Bonchev–Trinajstić information content (AvgIpc) is 2.39. The predicted octanol–water partition coefficient (Wildman–Crippen LogP) is 3.11. The second kappa shape index (κ2) is 6.53. The summed E-state index contributed by atoms with van der Waals surface area (Å²) < 4.78 is 1.15. The van der Waals surface area contributed by atoms with E-state index in [2.05, 4.69) is 46.4 Å². The van der Waals surface area contributed by atoms with E-state index >= 15 is 0 Å². The van der Waals surface area contributed by atoms with Crippen molar-refractivity contribution in [3.8, 4) is 0 Å². The van der Waals surface area contributed by atoms with Crippen LogP contribution in [0.3, 0.4) is 0 Å². The fourth-order valence-electron chi connectivity index (χ4n) is 2.63. The quantitative estimate of drug-likeness (QED) is 0.926. The molecular weight excluding hydrogens is 304 g/mol. The topological polar surface area (TPSA) is 32.3 Å². The fourth-order valence-corrected chi connectivity index (χ4v) is 3.26. The van der Waals surface area contributed by atoms with Gasteiger partial charge in [-0.05, 0) is 31.4 Å². The third-order valence-electron chi connectivity index (χ3n) is 3.80. The first-order valence-electron chi connectivity index (χ1n) is 6.84. The molecule has 0 aliphatic carbocycles. The van der Waals surface area contributed by atoms with Crippen LogP contribution in [0, 0.1) is 0 Å². The number of nitrogens with one attached hydrogen (secondary N) is 1. The summed E-state index contributed by atoms with van der Waals surface area (Å²) in [5.74, 6) is 0.192. The number of halogens is 1. The number of amides is 1. The fraction of sp³-hybridized carbons (Fsp3) is 0.533. The van der Waals surface area contributed by atoms with Crippen molar-refractivity contribution in [2.45, 2.75) is 38.8 Å². The molecule has 0 saturated carbocycles. The number of nitrogens with zero attached hydrogens (tertiary/aromatic N) is 1. The monoisotopic (exact) mass is 324 g/mol. The number of carbonyl (C=O) groups excluding carboxylic acids is 1. The summed E-state index contributed by atoms with van der Waals surface area (Å²) >= 11 is 3.60. The van der Waals surface area contributed by atoms with Crippen molar-refractivity contribution in [2.75, 3.05) is 13.1 Å². The maximum absolute atomic E-state index is 11.3. The summed E-state index contributed by atoms with van der Waals surface area (Å²) in [5.41, 5.74) is 1.29. The third-order valence-corrected chi connectivity index (χ3v) is 4.52. The highest BCUT2D eigenvalue weighted by molar-refractivity contribution is 9.10. The summed E-state index contributed by atoms with van der Waals surface area (Å²) in [6, 6.07) is 9.14. The second-order valence-corrected chi connectivity index (χ2v) is 6.04. The van der Waals surface area contributed by atoms with Gasteiger partial charge in [0.2, 0.25) is 5.91 Å². The van der Waals surface area contributed by atoms with Crippen LogP contribution in [-0.4, -0.2) is 29.9 Å². The van der Waals surface area contributed by atoms with Crippen LogP contribution in [0.5, 0.6) is 0 Å². The minimum atomic E-state index is 0.192. The van der Waals surface area contributed by atoms with E-state index in [-0.39, 0.29) is 5.91 Å². The molecule has 1 aliphatic rings. The summed E-state index contributed by atoms with van der Waals surface area (Å²) in [4.78, 5) is 13.2. The van der Waals surface area contributed by atoms with Gasteiger partial charge < -0.3 is 10.2 Å². The van der Waals surface area contributed by atoms with Gasteiger partial charge >= 0.3 is 0 Å². The van der Waals surface area contributed by atoms with Gasteiger partial charge in [-0.3, -0.25) is 4.79 Å². The van der Waals surface area contributed by atoms with Gasteiger partial charge in [0.15, 0.2) is 0 Å². The Bertz CT molecular complexity index is 442. The molecule has 1 N–H and O–H groups in total. The molecule has 1 atom stereocenters. The van der Waals surface area contributed by atoms with Gasteiger partial charge in [-0.1, -0.05) is 34.1 Å². The van der Waals surface area contributed by atoms with E-state index in [1.807, 2.05) is 11.0 Å². The zero-order valence-electron chi connectivity index (χ0n) is 11.5. The van der Waals surface area contributed by atoms with Crippen molar-refractivity contribution in [3.63, 3.8) is 0 Å². The molecule has 0 unspecified atom stereocenters. The van der Waals surface area contributed by atoms with Crippen LogP contribution in [0.2, 0.25) is 0 Å². The molecular formula is C15H21BrN2O. The minimum Gasteiger partial charge on any atom is -0.343 e. The molecule has 0 bridgehead atoms. The molecule has 0 spiro atoms. The van der Waals surface area contributed by atoms with E-state index in [4.69, 9.17) is 0 Å². The van der Waals surface area contributed by atoms with E-state index in [9.17, 15) is 4.79 Å². The van der Waals surface area contributed by atoms with Crippen LogP contribution in [-0.2, 0) is 4.79 Å². The Balaban J connectivity index is 1.89. The average molecular weight is 325 g/mol. The van der Waals surface area contributed by atoms with Crippen LogP contribution >= 0.6 is 15.9 Å². The number of carbonyl (C=O) groups is 1. The highest BCUT2D eigenvalue weighted by Gasteiger charge is 2.22. The lowest BCUT2D eigenvalue weighted by atomic mass is 10.0. The molecule has 1 saturated heterocycles. The van der Waals surface area contributed by atoms with Crippen LogP contribution in [0.4, 0.5) is 0 Å². The molecule has 1 heterocycles. The molecule has 4 heteroatoms. The van der Waals surface area contributed by atoms with Crippen molar-refractivity contribution < 1.29 is 4.79 Å². The highest BCUT2D eigenvalue weighted by Crippen LogP contribution is 2.24. The normalized spacial score (nSPS) is 18.4. The van der Waals surface area contributed by atoms with Gasteiger partial charge in [0.1, 0.15) is 0 Å². The van der Waals surface area contributed by atoms with Gasteiger partial charge in [0.05, 0.1) is 0 Å². The smallest absolute Gasteiger partial charge is 0.219 e. The number of benzene rings is 1. The van der Waals surface area contributed by atoms with Gasteiger partial charge in [-0.15, -0.1) is 0 Å². The second-order valence-electron chi connectivity index (χ2n) is 5.19. The Morgan fingerprint density at radius 2 is 2.00 bits per heavy atom. The molecule has 1 aromatic carbocycles. The summed E-state index contributed by atoms with van der Waals surface area (Å²) in [6.07, 6.45) is 2.07. The summed E-state index contributed by atoms with van der Waals surface area (Å²) in [7, 11) is 0. The molecule has 0 aromatic heterocycles. The third kappa shape index (κ3) is 3.80. The molecule has 1 amide bonds.